The fraction of sp³-hybridized carbons (Fsp3) is 0.357. The monoisotopic (exact) mass is 243 g/mol. The first-order chi connectivity index (χ1) is 8.74. The lowest BCUT2D eigenvalue weighted by Gasteiger charge is -2.11. The molecule has 3 rings (SSSR count). The van der Waals surface area contributed by atoms with Crippen LogP contribution in [0.5, 0.6) is 5.75 Å². The van der Waals surface area contributed by atoms with Gasteiger partial charge < -0.3 is 15.0 Å². The first-order valence-electron chi connectivity index (χ1n) is 6.28. The second-order valence-electron chi connectivity index (χ2n) is 4.88. The molecule has 1 heterocycles. The number of hydrogen-bond donors (Lipinski definition) is 2. The van der Waals surface area contributed by atoms with Gasteiger partial charge in [-0.15, -0.1) is 0 Å². The van der Waals surface area contributed by atoms with Crippen molar-refractivity contribution in [1.29, 1.82) is 0 Å². The molecule has 0 atom stereocenters. The Morgan fingerprint density at radius 2 is 2.28 bits per heavy atom. The zero-order valence-corrected chi connectivity index (χ0v) is 10.4. The van der Waals surface area contributed by atoms with Gasteiger partial charge in [-0.1, -0.05) is 0 Å². The van der Waals surface area contributed by atoms with E-state index in [0.29, 0.717) is 11.8 Å². The summed E-state index contributed by atoms with van der Waals surface area (Å²) in [4.78, 5) is 4.22. The van der Waals surface area contributed by atoms with E-state index >= 15 is 0 Å². The molecular weight excluding hydrogens is 226 g/mol. The molecule has 1 aliphatic carbocycles. The summed E-state index contributed by atoms with van der Waals surface area (Å²) in [5.41, 5.74) is 3.31. The zero-order chi connectivity index (χ0) is 12.5. The summed E-state index contributed by atoms with van der Waals surface area (Å²) in [5.74, 6) is 0.307. The number of aromatic nitrogens is 2. The van der Waals surface area contributed by atoms with Crippen molar-refractivity contribution < 1.29 is 5.11 Å². The quantitative estimate of drug-likeness (QED) is 0.812. The van der Waals surface area contributed by atoms with Crippen molar-refractivity contribution in [1.82, 2.24) is 9.55 Å². The highest BCUT2D eigenvalue weighted by Crippen LogP contribution is 2.35. The summed E-state index contributed by atoms with van der Waals surface area (Å²) in [6.45, 7) is 2.75. The number of rotatable bonds is 4. The van der Waals surface area contributed by atoms with Crippen LogP contribution in [0.4, 0.5) is 5.69 Å². The number of benzene rings is 1. The molecule has 1 aliphatic rings. The second kappa shape index (κ2) is 4.37. The van der Waals surface area contributed by atoms with Crippen LogP contribution >= 0.6 is 0 Å². The molecule has 94 valence electrons. The molecule has 0 spiro atoms. The van der Waals surface area contributed by atoms with E-state index in [4.69, 9.17) is 0 Å². The number of aryl methyl sites for hydroxylation is 1. The van der Waals surface area contributed by atoms with Crippen LogP contribution in [0, 0.1) is 6.92 Å². The molecule has 0 bridgehead atoms. The summed E-state index contributed by atoms with van der Waals surface area (Å²) >= 11 is 0. The average Bonchev–Trinajstić information content (AvgIpc) is 3.08. The van der Waals surface area contributed by atoms with Crippen LogP contribution in [-0.2, 0) is 6.54 Å². The van der Waals surface area contributed by atoms with Crippen molar-refractivity contribution in [2.75, 3.05) is 5.32 Å². The largest absolute Gasteiger partial charge is 0.508 e. The highest BCUT2D eigenvalue weighted by Gasteiger charge is 2.24. The van der Waals surface area contributed by atoms with E-state index in [1.165, 1.54) is 18.5 Å². The predicted octanol–water partition coefficient (Wildman–Crippen LogP) is 2.84. The molecule has 18 heavy (non-hydrogen) atoms. The van der Waals surface area contributed by atoms with Crippen molar-refractivity contribution in [3.63, 3.8) is 0 Å². The van der Waals surface area contributed by atoms with E-state index in [1.54, 1.807) is 12.1 Å². The second-order valence-corrected chi connectivity index (χ2v) is 4.88. The van der Waals surface area contributed by atoms with Crippen LogP contribution in [0.3, 0.4) is 0 Å². The Balaban J connectivity index is 1.71. The lowest BCUT2D eigenvalue weighted by atomic mass is 10.2. The van der Waals surface area contributed by atoms with Crippen molar-refractivity contribution in [3.05, 3.63) is 42.0 Å². The Kier molecular flexibility index (Phi) is 2.70. The molecule has 0 saturated heterocycles. The van der Waals surface area contributed by atoms with Crippen molar-refractivity contribution in [3.8, 4) is 5.75 Å². The van der Waals surface area contributed by atoms with Gasteiger partial charge in [0.25, 0.3) is 0 Å². The molecule has 1 fully saturated rings. The Bertz CT molecular complexity index is 558. The lowest BCUT2D eigenvalue weighted by molar-refractivity contribution is 0.475. The van der Waals surface area contributed by atoms with Gasteiger partial charge in [0.2, 0.25) is 0 Å². The molecule has 4 nitrogen and oxygen atoms in total. The van der Waals surface area contributed by atoms with Crippen LogP contribution in [0.2, 0.25) is 0 Å². The molecule has 2 aromatic rings. The Hall–Kier alpha value is -1.97. The Morgan fingerprint density at radius 3 is 3.00 bits per heavy atom. The van der Waals surface area contributed by atoms with Gasteiger partial charge >= 0.3 is 0 Å². The van der Waals surface area contributed by atoms with E-state index in [2.05, 4.69) is 14.9 Å². The van der Waals surface area contributed by atoms with Crippen molar-refractivity contribution >= 4 is 5.69 Å². The molecule has 4 heteroatoms. The molecule has 1 saturated carbocycles. The average molecular weight is 243 g/mol. The summed E-state index contributed by atoms with van der Waals surface area (Å²) in [6.07, 6.45) is 6.36. The normalized spacial score (nSPS) is 14.7. The maximum atomic E-state index is 9.37. The van der Waals surface area contributed by atoms with Gasteiger partial charge in [-0.2, -0.15) is 0 Å². The Morgan fingerprint density at radius 1 is 1.44 bits per heavy atom. The van der Waals surface area contributed by atoms with Crippen LogP contribution in [0.25, 0.3) is 0 Å². The molecule has 0 aliphatic heterocycles. The summed E-state index contributed by atoms with van der Waals surface area (Å²) in [7, 11) is 0. The molecule has 0 unspecified atom stereocenters. The summed E-state index contributed by atoms with van der Waals surface area (Å²) in [5, 5.41) is 12.8. The maximum Gasteiger partial charge on any atom is 0.115 e. The highest BCUT2D eigenvalue weighted by atomic mass is 16.3. The number of nitrogens with one attached hydrogen (secondary N) is 1. The number of imidazole rings is 1. The minimum atomic E-state index is 0.307. The molecule has 1 aromatic heterocycles. The first kappa shape index (κ1) is 11.1. The summed E-state index contributed by atoms with van der Waals surface area (Å²) < 4.78 is 2.25. The standard InChI is InChI=1S/C14H17N3O/c1-10-6-13(18)4-5-14(10)16-8-12-7-15-9-17(12)11-2-3-11/h4-7,9,11,16,18H,2-3,8H2,1H3. The highest BCUT2D eigenvalue weighted by molar-refractivity contribution is 5.53. The topological polar surface area (TPSA) is 50.1 Å². The van der Waals surface area contributed by atoms with Crippen molar-refractivity contribution in [2.45, 2.75) is 32.4 Å². The third kappa shape index (κ3) is 2.18. The summed E-state index contributed by atoms with van der Waals surface area (Å²) in [6, 6.07) is 6.03. The minimum Gasteiger partial charge on any atom is -0.508 e. The van der Waals surface area contributed by atoms with Gasteiger partial charge in [0, 0.05) is 17.9 Å². The number of phenolic OH excluding ortho intramolecular Hbond substituents is 1. The fourth-order valence-corrected chi connectivity index (χ4v) is 2.18. The third-order valence-electron chi connectivity index (χ3n) is 3.36. The molecular formula is C14H17N3O. The van der Waals surface area contributed by atoms with Crippen LogP contribution in [0.1, 0.15) is 30.1 Å². The van der Waals surface area contributed by atoms with Crippen LogP contribution < -0.4 is 5.32 Å². The molecule has 2 N–H and O–H groups in total. The third-order valence-corrected chi connectivity index (χ3v) is 3.36. The molecule has 0 amide bonds. The van der Waals surface area contributed by atoms with Crippen LogP contribution in [0.15, 0.2) is 30.7 Å². The minimum absolute atomic E-state index is 0.307. The number of hydrogen-bond acceptors (Lipinski definition) is 3. The van der Waals surface area contributed by atoms with E-state index < -0.39 is 0 Å². The van der Waals surface area contributed by atoms with Gasteiger partial charge in [-0.25, -0.2) is 4.98 Å². The van der Waals surface area contributed by atoms with Gasteiger partial charge in [0.1, 0.15) is 5.75 Å². The Labute approximate surface area is 106 Å². The SMILES string of the molecule is Cc1cc(O)ccc1NCc1cncn1C1CC1. The smallest absolute Gasteiger partial charge is 0.115 e. The first-order valence-corrected chi connectivity index (χ1v) is 6.28. The number of aromatic hydroxyl groups is 1. The number of phenols is 1. The maximum absolute atomic E-state index is 9.37. The van der Waals surface area contributed by atoms with E-state index in [0.717, 1.165) is 17.8 Å². The van der Waals surface area contributed by atoms with Gasteiger partial charge in [0.05, 0.1) is 18.6 Å². The number of anilines is 1. The van der Waals surface area contributed by atoms with Crippen LogP contribution in [-0.4, -0.2) is 14.7 Å². The number of nitrogens with zero attached hydrogens (tertiary/aromatic N) is 2. The fourth-order valence-electron chi connectivity index (χ4n) is 2.18. The molecule has 0 radical (unpaired) electrons. The zero-order valence-electron chi connectivity index (χ0n) is 10.4. The predicted molar refractivity (Wildman–Crippen MR) is 70.7 cm³/mol. The van der Waals surface area contributed by atoms with Gasteiger partial charge in [-0.05, 0) is 43.5 Å². The van der Waals surface area contributed by atoms with E-state index in [1.807, 2.05) is 25.5 Å². The van der Waals surface area contributed by atoms with Gasteiger partial charge in [-0.3, -0.25) is 0 Å². The van der Waals surface area contributed by atoms with Crippen molar-refractivity contribution in [2.24, 2.45) is 0 Å². The van der Waals surface area contributed by atoms with Gasteiger partial charge in [0.15, 0.2) is 0 Å². The molecule has 1 aromatic carbocycles. The lowest BCUT2D eigenvalue weighted by Crippen LogP contribution is -2.06. The van der Waals surface area contributed by atoms with E-state index in [-0.39, 0.29) is 0 Å². The van der Waals surface area contributed by atoms with E-state index in [9.17, 15) is 5.11 Å².